The van der Waals surface area contributed by atoms with Gasteiger partial charge in [-0.25, -0.2) is 13.2 Å². The Morgan fingerprint density at radius 2 is 1.72 bits per heavy atom. The topological polar surface area (TPSA) is 151 Å². The number of aliphatic hydroxyl groups excluding tert-OH is 1. The number of amides is 1. The van der Waals surface area contributed by atoms with Gasteiger partial charge in [0.1, 0.15) is 11.9 Å². The lowest BCUT2D eigenvalue weighted by atomic mass is 9.98. The number of ether oxygens (including phenoxy) is 4. The predicted molar refractivity (Wildman–Crippen MR) is 168 cm³/mol. The molecular weight excluding hydrogens is 614 g/mol. The summed E-state index contributed by atoms with van der Waals surface area (Å²) in [5.41, 5.74) is 2.54. The zero-order chi connectivity index (χ0) is 32.8. The van der Waals surface area contributed by atoms with Crippen molar-refractivity contribution < 1.29 is 42.0 Å². The zero-order valence-electron chi connectivity index (χ0n) is 26.2. The molecule has 0 spiro atoms. The number of pyridine rings is 1. The molecule has 248 valence electrons. The molecular formula is C33H41N3O9S. The van der Waals surface area contributed by atoms with Gasteiger partial charge in [-0.3, -0.25) is 0 Å². The number of nitrogens with one attached hydrogen (secondary N) is 1. The van der Waals surface area contributed by atoms with Crippen molar-refractivity contribution in [2.45, 2.75) is 56.1 Å². The molecule has 13 heteroatoms. The van der Waals surface area contributed by atoms with E-state index in [2.05, 4.69) is 5.32 Å². The molecule has 5 atom stereocenters. The Hall–Kier alpha value is -3.75. The third kappa shape index (κ3) is 8.15. The van der Waals surface area contributed by atoms with E-state index in [0.717, 1.165) is 16.7 Å². The van der Waals surface area contributed by atoms with Gasteiger partial charge in [0.25, 0.3) is 0 Å². The quantitative estimate of drug-likeness (QED) is 0.209. The fourth-order valence-corrected chi connectivity index (χ4v) is 7.38. The van der Waals surface area contributed by atoms with Gasteiger partial charge in [-0.2, -0.15) is 9.04 Å². The Labute approximate surface area is 269 Å². The van der Waals surface area contributed by atoms with E-state index in [4.69, 9.17) is 18.9 Å². The molecule has 0 radical (unpaired) electrons. The summed E-state index contributed by atoms with van der Waals surface area (Å²) in [4.78, 5) is 13.3. The van der Waals surface area contributed by atoms with Crippen molar-refractivity contribution in [1.29, 1.82) is 0 Å². The Morgan fingerprint density at radius 1 is 1.04 bits per heavy atom. The summed E-state index contributed by atoms with van der Waals surface area (Å²) in [6.45, 7) is 4.42. The molecule has 3 aromatic rings. The van der Waals surface area contributed by atoms with Crippen molar-refractivity contribution in [2.75, 3.05) is 33.4 Å². The number of fused-ring (bicyclic) bond motifs is 1. The van der Waals surface area contributed by atoms with Crippen molar-refractivity contribution in [3.05, 3.63) is 83.8 Å². The molecule has 2 aliphatic heterocycles. The molecule has 0 bridgehead atoms. The lowest BCUT2D eigenvalue weighted by molar-refractivity contribution is -0.605. The molecule has 2 N–H and O–H groups in total. The summed E-state index contributed by atoms with van der Waals surface area (Å²) >= 11 is 0. The molecule has 0 aliphatic carbocycles. The molecule has 46 heavy (non-hydrogen) atoms. The zero-order valence-corrected chi connectivity index (χ0v) is 27.0. The molecule has 2 saturated heterocycles. The standard InChI is InChI=1S/C33H41N3O9S/c1-22(2)19-36(46(40,41)27-10-8-26(42-3)9-11-27)20-30(37)29(34-33(38)45-31-21-44-32-28(31)14-17-43-32)18-23-4-6-24(7-5-23)25-12-15-35(39)16-13-25/h4-13,15-16,22,28-32,37H,14,17-21H2,1-3H3,(H,34,38)/t28-,29-,30+,31-,32+/m0/s1. The fourth-order valence-electron chi connectivity index (χ4n) is 5.76. The minimum Gasteiger partial charge on any atom is -0.619 e. The number of methoxy groups -OCH3 is 1. The summed E-state index contributed by atoms with van der Waals surface area (Å²) < 4.78 is 51.5. The van der Waals surface area contributed by atoms with Crippen LogP contribution in [0.3, 0.4) is 0 Å². The third-order valence-electron chi connectivity index (χ3n) is 8.21. The van der Waals surface area contributed by atoms with Gasteiger partial charge in [0.2, 0.25) is 10.0 Å². The maximum Gasteiger partial charge on any atom is 0.407 e. The van der Waals surface area contributed by atoms with Crippen LogP contribution in [-0.4, -0.2) is 81.9 Å². The number of hydrogen-bond acceptors (Lipinski definition) is 9. The molecule has 5 rings (SSSR count). The first-order valence-electron chi connectivity index (χ1n) is 15.3. The van der Waals surface area contributed by atoms with Crippen LogP contribution >= 0.6 is 0 Å². The number of aliphatic hydroxyl groups is 1. The highest BCUT2D eigenvalue weighted by atomic mass is 32.2. The van der Waals surface area contributed by atoms with Crippen molar-refractivity contribution >= 4 is 16.1 Å². The van der Waals surface area contributed by atoms with E-state index in [0.29, 0.717) is 23.5 Å². The third-order valence-corrected chi connectivity index (χ3v) is 10.1. The summed E-state index contributed by atoms with van der Waals surface area (Å²) in [6.07, 6.45) is 0.844. The largest absolute Gasteiger partial charge is 0.619 e. The van der Waals surface area contributed by atoms with Gasteiger partial charge in [-0.15, -0.1) is 0 Å². The smallest absolute Gasteiger partial charge is 0.407 e. The SMILES string of the molecule is COc1ccc(S(=O)(=O)N(CC(C)C)C[C@@H](O)[C@H](Cc2ccc(-c3cc[n+]([O-])cc3)cc2)NC(=O)O[C@H]2CO[C@H]3OCC[C@H]32)cc1. The number of rotatable bonds is 13. The number of hydrogen-bond donors (Lipinski definition) is 2. The molecule has 0 saturated carbocycles. The second-order valence-electron chi connectivity index (χ2n) is 12.0. The van der Waals surface area contributed by atoms with E-state index in [1.807, 2.05) is 38.1 Å². The van der Waals surface area contributed by atoms with Crippen LogP contribution in [0.2, 0.25) is 0 Å². The maximum atomic E-state index is 13.8. The van der Waals surface area contributed by atoms with E-state index in [9.17, 15) is 23.5 Å². The highest BCUT2D eigenvalue weighted by molar-refractivity contribution is 7.89. The van der Waals surface area contributed by atoms with Gasteiger partial charge in [0, 0.05) is 25.2 Å². The summed E-state index contributed by atoms with van der Waals surface area (Å²) in [7, 11) is -2.50. The second-order valence-corrected chi connectivity index (χ2v) is 14.0. The monoisotopic (exact) mass is 655 g/mol. The van der Waals surface area contributed by atoms with Crippen LogP contribution in [0, 0.1) is 17.0 Å². The van der Waals surface area contributed by atoms with Crippen LogP contribution < -0.4 is 14.8 Å². The predicted octanol–water partition coefficient (Wildman–Crippen LogP) is 3.10. The van der Waals surface area contributed by atoms with E-state index in [1.54, 1.807) is 24.3 Å². The van der Waals surface area contributed by atoms with E-state index in [1.165, 1.54) is 35.9 Å². The van der Waals surface area contributed by atoms with Gasteiger partial charge in [0.15, 0.2) is 18.7 Å². The van der Waals surface area contributed by atoms with E-state index < -0.39 is 40.7 Å². The summed E-state index contributed by atoms with van der Waals surface area (Å²) in [5.74, 6) is 0.418. The average molecular weight is 656 g/mol. The highest BCUT2D eigenvalue weighted by Crippen LogP contribution is 2.33. The number of benzene rings is 2. The minimum atomic E-state index is -4.00. The fraction of sp³-hybridized carbons (Fsp3) is 0.455. The normalized spacial score (nSPS) is 20.8. The molecule has 0 unspecified atom stereocenters. The first-order chi connectivity index (χ1) is 22.0. The molecule has 2 aromatic carbocycles. The summed E-state index contributed by atoms with van der Waals surface area (Å²) in [5, 5.41) is 25.8. The van der Waals surface area contributed by atoms with Gasteiger partial charge in [-0.1, -0.05) is 38.1 Å². The van der Waals surface area contributed by atoms with Crippen molar-refractivity contribution in [3.63, 3.8) is 0 Å². The summed E-state index contributed by atoms with van der Waals surface area (Å²) in [6, 6.07) is 16.1. The number of nitrogens with zero attached hydrogens (tertiary/aromatic N) is 2. The van der Waals surface area contributed by atoms with Crippen LogP contribution in [0.1, 0.15) is 25.8 Å². The molecule has 1 aromatic heterocycles. The van der Waals surface area contributed by atoms with Gasteiger partial charge in [0.05, 0.1) is 43.3 Å². The van der Waals surface area contributed by atoms with Crippen molar-refractivity contribution in [3.8, 4) is 16.9 Å². The van der Waals surface area contributed by atoms with Crippen LogP contribution in [0.4, 0.5) is 4.79 Å². The minimum absolute atomic E-state index is 0.0397. The lowest BCUT2D eigenvalue weighted by Crippen LogP contribution is -2.51. The Morgan fingerprint density at radius 3 is 2.37 bits per heavy atom. The van der Waals surface area contributed by atoms with Crippen LogP contribution in [0.25, 0.3) is 11.1 Å². The number of carbonyl (C=O) groups excluding carboxylic acids is 1. The van der Waals surface area contributed by atoms with E-state index >= 15 is 0 Å². The van der Waals surface area contributed by atoms with Gasteiger partial charge >= 0.3 is 6.09 Å². The van der Waals surface area contributed by atoms with Gasteiger partial charge < -0.3 is 34.6 Å². The second kappa shape index (κ2) is 14.8. The Balaban J connectivity index is 1.35. The Bertz CT molecular complexity index is 1550. The maximum absolute atomic E-state index is 13.8. The Kier molecular flexibility index (Phi) is 10.8. The van der Waals surface area contributed by atoms with Crippen LogP contribution in [0.15, 0.2) is 78.0 Å². The highest BCUT2D eigenvalue weighted by Gasteiger charge is 2.44. The molecule has 2 fully saturated rings. The van der Waals surface area contributed by atoms with Crippen molar-refractivity contribution in [2.24, 2.45) is 11.8 Å². The van der Waals surface area contributed by atoms with Crippen LogP contribution in [-0.2, 0) is 30.7 Å². The molecule has 2 aliphatic rings. The first-order valence-corrected chi connectivity index (χ1v) is 16.8. The van der Waals surface area contributed by atoms with Crippen LogP contribution in [0.5, 0.6) is 5.75 Å². The number of sulfonamides is 1. The van der Waals surface area contributed by atoms with Gasteiger partial charge in [-0.05, 0) is 59.7 Å². The van der Waals surface area contributed by atoms with E-state index in [-0.39, 0.29) is 42.8 Å². The van der Waals surface area contributed by atoms with Crippen molar-refractivity contribution in [1.82, 2.24) is 9.62 Å². The number of alkyl carbamates (subject to hydrolysis) is 1. The molecule has 3 heterocycles. The molecule has 1 amide bonds. The number of carbonyl (C=O) groups is 1. The average Bonchev–Trinajstić information content (AvgIpc) is 3.66. The lowest BCUT2D eigenvalue weighted by Gasteiger charge is -2.31. The molecule has 12 nitrogen and oxygen atoms in total. The number of aromatic nitrogens is 1. The first kappa shape index (κ1) is 33.6.